The molecule has 0 radical (unpaired) electrons. The van der Waals surface area contributed by atoms with Crippen molar-refractivity contribution in [3.05, 3.63) is 84.7 Å². The number of amides is 1. The van der Waals surface area contributed by atoms with Crippen molar-refractivity contribution in [1.29, 1.82) is 0 Å². The van der Waals surface area contributed by atoms with Crippen molar-refractivity contribution in [3.8, 4) is 17.1 Å². The number of carbonyl (C=O) groups excluding carboxylic acids is 1. The van der Waals surface area contributed by atoms with Crippen molar-refractivity contribution >= 4 is 23.4 Å². The number of anilines is 1. The van der Waals surface area contributed by atoms with Crippen LogP contribution in [0.1, 0.15) is 12.5 Å². The zero-order valence-electron chi connectivity index (χ0n) is 17.6. The lowest BCUT2D eigenvalue weighted by Crippen LogP contribution is -2.33. The van der Waals surface area contributed by atoms with Gasteiger partial charge in [0.2, 0.25) is 5.91 Å². The van der Waals surface area contributed by atoms with Gasteiger partial charge in [-0.2, -0.15) is 0 Å². The first-order valence-corrected chi connectivity index (χ1v) is 10.9. The molecular formula is C24H23N5OS. The van der Waals surface area contributed by atoms with Gasteiger partial charge in [0.25, 0.3) is 0 Å². The number of benzene rings is 2. The van der Waals surface area contributed by atoms with Gasteiger partial charge in [-0.1, -0.05) is 48.2 Å². The normalized spacial score (nSPS) is 11.8. The zero-order valence-corrected chi connectivity index (χ0v) is 18.5. The standard InChI is InChI=1S/C24H23N5OS/c1-17-9-7-8-12-21(17)29-22(19-13-15-25-16-14-19)26-27-24(29)31-18(2)23(30)28(3)20-10-5-4-6-11-20/h4-16,18H,1-3H3/t18-/m1/s1. The van der Waals surface area contributed by atoms with E-state index in [1.807, 2.05) is 72.2 Å². The fraction of sp³-hybridized carbons (Fsp3) is 0.167. The molecule has 6 nitrogen and oxygen atoms in total. The minimum Gasteiger partial charge on any atom is -0.315 e. The van der Waals surface area contributed by atoms with Gasteiger partial charge in [-0.3, -0.25) is 14.3 Å². The van der Waals surface area contributed by atoms with Gasteiger partial charge in [0, 0.05) is 30.7 Å². The summed E-state index contributed by atoms with van der Waals surface area (Å²) < 4.78 is 2.02. The number of carbonyl (C=O) groups is 1. The molecule has 0 unspecified atom stereocenters. The lowest BCUT2D eigenvalue weighted by molar-refractivity contribution is -0.117. The van der Waals surface area contributed by atoms with E-state index >= 15 is 0 Å². The van der Waals surface area contributed by atoms with Crippen molar-refractivity contribution in [2.75, 3.05) is 11.9 Å². The Hall–Kier alpha value is -3.45. The Balaban J connectivity index is 1.69. The van der Waals surface area contributed by atoms with Crippen molar-refractivity contribution in [2.24, 2.45) is 0 Å². The summed E-state index contributed by atoms with van der Waals surface area (Å²) in [5, 5.41) is 9.23. The molecule has 2 aromatic heterocycles. The molecule has 2 aromatic carbocycles. The van der Waals surface area contributed by atoms with Gasteiger partial charge in [0.05, 0.1) is 10.9 Å². The maximum absolute atomic E-state index is 13.1. The summed E-state index contributed by atoms with van der Waals surface area (Å²) in [6.07, 6.45) is 3.47. The third-order valence-corrected chi connectivity index (χ3v) is 6.06. The van der Waals surface area contributed by atoms with E-state index < -0.39 is 0 Å². The monoisotopic (exact) mass is 429 g/mol. The van der Waals surface area contributed by atoms with Gasteiger partial charge in [-0.25, -0.2) is 0 Å². The number of thioether (sulfide) groups is 1. The second-order valence-corrected chi connectivity index (χ2v) is 8.46. The molecule has 156 valence electrons. The molecule has 1 amide bonds. The highest BCUT2D eigenvalue weighted by Gasteiger charge is 2.25. The van der Waals surface area contributed by atoms with Gasteiger partial charge in [-0.05, 0) is 49.7 Å². The summed E-state index contributed by atoms with van der Waals surface area (Å²) in [7, 11) is 1.79. The molecule has 0 fully saturated rings. The molecule has 0 bridgehead atoms. The van der Waals surface area contributed by atoms with Crippen LogP contribution in [0.5, 0.6) is 0 Å². The van der Waals surface area contributed by atoms with Crippen LogP contribution in [-0.2, 0) is 4.79 Å². The number of nitrogens with zero attached hydrogens (tertiary/aromatic N) is 5. The molecule has 0 N–H and O–H groups in total. The van der Waals surface area contributed by atoms with Gasteiger partial charge >= 0.3 is 0 Å². The molecule has 0 saturated heterocycles. The highest BCUT2D eigenvalue weighted by Crippen LogP contribution is 2.32. The highest BCUT2D eigenvalue weighted by atomic mass is 32.2. The average Bonchev–Trinajstić information content (AvgIpc) is 3.22. The number of rotatable bonds is 6. The predicted molar refractivity (Wildman–Crippen MR) is 124 cm³/mol. The first kappa shape index (κ1) is 20.8. The first-order valence-electron chi connectivity index (χ1n) is 9.97. The summed E-state index contributed by atoms with van der Waals surface area (Å²) in [4.78, 5) is 18.9. The Bertz CT molecular complexity index is 1180. The Morgan fingerprint density at radius 2 is 1.65 bits per heavy atom. The lowest BCUT2D eigenvalue weighted by atomic mass is 10.2. The predicted octanol–water partition coefficient (Wildman–Crippen LogP) is 4.78. The molecule has 31 heavy (non-hydrogen) atoms. The second kappa shape index (κ2) is 9.14. The van der Waals surface area contributed by atoms with Crippen molar-refractivity contribution in [1.82, 2.24) is 19.7 Å². The molecule has 0 aliphatic heterocycles. The van der Waals surface area contributed by atoms with E-state index in [9.17, 15) is 4.79 Å². The Kier molecular flexibility index (Phi) is 6.13. The van der Waals surface area contributed by atoms with Crippen LogP contribution in [0.4, 0.5) is 5.69 Å². The van der Waals surface area contributed by atoms with Crippen molar-refractivity contribution < 1.29 is 4.79 Å². The molecule has 4 aromatic rings. The van der Waals surface area contributed by atoms with Crippen LogP contribution in [-0.4, -0.2) is 38.0 Å². The largest absolute Gasteiger partial charge is 0.315 e. The SMILES string of the molecule is Cc1ccccc1-n1c(S[C@H](C)C(=O)N(C)c2ccccc2)nnc1-c1ccncc1. The van der Waals surface area contributed by atoms with Gasteiger partial charge in [-0.15, -0.1) is 10.2 Å². The van der Waals surface area contributed by atoms with Crippen LogP contribution in [0, 0.1) is 6.92 Å². The van der Waals surface area contributed by atoms with Crippen LogP contribution in [0.3, 0.4) is 0 Å². The summed E-state index contributed by atoms with van der Waals surface area (Å²) in [5.41, 5.74) is 3.86. The van der Waals surface area contributed by atoms with Crippen LogP contribution < -0.4 is 4.90 Å². The third-order valence-electron chi connectivity index (χ3n) is 5.03. The molecule has 1 atom stereocenters. The molecule has 0 saturated carbocycles. The second-order valence-electron chi connectivity index (χ2n) is 7.16. The Morgan fingerprint density at radius 1 is 0.968 bits per heavy atom. The minimum atomic E-state index is -0.345. The minimum absolute atomic E-state index is 0.000921. The molecule has 2 heterocycles. The summed E-state index contributed by atoms with van der Waals surface area (Å²) in [5.74, 6) is 0.719. The Morgan fingerprint density at radius 3 is 2.35 bits per heavy atom. The number of aromatic nitrogens is 4. The van der Waals surface area contributed by atoms with E-state index in [2.05, 4.69) is 28.2 Å². The van der Waals surface area contributed by atoms with E-state index in [1.54, 1.807) is 24.3 Å². The van der Waals surface area contributed by atoms with Crippen molar-refractivity contribution in [3.63, 3.8) is 0 Å². The molecular weight excluding hydrogens is 406 g/mol. The van der Waals surface area contributed by atoms with Gasteiger partial charge in [0.15, 0.2) is 11.0 Å². The number of hydrogen-bond acceptors (Lipinski definition) is 5. The smallest absolute Gasteiger partial charge is 0.240 e. The highest BCUT2D eigenvalue weighted by molar-refractivity contribution is 8.00. The molecule has 0 aliphatic rings. The average molecular weight is 430 g/mol. The number of hydrogen-bond donors (Lipinski definition) is 0. The topological polar surface area (TPSA) is 63.9 Å². The van der Waals surface area contributed by atoms with E-state index in [0.29, 0.717) is 5.16 Å². The summed E-state index contributed by atoms with van der Waals surface area (Å²) in [6, 6.07) is 21.5. The van der Waals surface area contributed by atoms with Crippen LogP contribution in [0.2, 0.25) is 0 Å². The van der Waals surface area contributed by atoms with Crippen LogP contribution >= 0.6 is 11.8 Å². The van der Waals surface area contributed by atoms with Gasteiger partial charge < -0.3 is 4.90 Å². The summed E-state index contributed by atoms with van der Waals surface area (Å²) in [6.45, 7) is 3.95. The van der Waals surface area contributed by atoms with E-state index in [-0.39, 0.29) is 11.2 Å². The fourth-order valence-corrected chi connectivity index (χ4v) is 4.28. The van der Waals surface area contributed by atoms with Gasteiger partial charge in [0.1, 0.15) is 0 Å². The van der Waals surface area contributed by atoms with Crippen molar-refractivity contribution in [2.45, 2.75) is 24.3 Å². The number of para-hydroxylation sites is 2. The maximum Gasteiger partial charge on any atom is 0.240 e. The summed E-state index contributed by atoms with van der Waals surface area (Å²) >= 11 is 1.40. The first-order chi connectivity index (χ1) is 15.1. The molecule has 4 rings (SSSR count). The van der Waals surface area contributed by atoms with E-state index in [0.717, 1.165) is 28.3 Å². The molecule has 7 heteroatoms. The fourth-order valence-electron chi connectivity index (χ4n) is 3.33. The lowest BCUT2D eigenvalue weighted by Gasteiger charge is -2.21. The third kappa shape index (κ3) is 4.36. The van der Waals surface area contributed by atoms with Crippen LogP contribution in [0.15, 0.2) is 84.3 Å². The van der Waals surface area contributed by atoms with E-state index in [4.69, 9.17) is 0 Å². The molecule has 0 spiro atoms. The maximum atomic E-state index is 13.1. The molecule has 0 aliphatic carbocycles. The zero-order chi connectivity index (χ0) is 21.8. The quantitative estimate of drug-likeness (QED) is 0.413. The number of pyridine rings is 1. The van der Waals surface area contributed by atoms with Crippen LogP contribution in [0.25, 0.3) is 17.1 Å². The Labute approximate surface area is 186 Å². The van der Waals surface area contributed by atoms with E-state index in [1.165, 1.54) is 11.8 Å². The number of aryl methyl sites for hydroxylation is 1.